The predicted molar refractivity (Wildman–Crippen MR) is 58.8 cm³/mol. The van der Waals surface area contributed by atoms with Crippen molar-refractivity contribution in [1.82, 2.24) is 0 Å². The molecule has 16 heavy (non-hydrogen) atoms. The molecule has 0 fully saturated rings. The summed E-state index contributed by atoms with van der Waals surface area (Å²) in [5.41, 5.74) is 0.920. The average Bonchev–Trinajstić information content (AvgIpc) is 2.17. The highest BCUT2D eigenvalue weighted by Crippen LogP contribution is 2.13. The molecule has 0 radical (unpaired) electrons. The van der Waals surface area contributed by atoms with Crippen molar-refractivity contribution >= 4 is 15.6 Å². The fourth-order valence-electron chi connectivity index (χ4n) is 1.13. The Balaban J connectivity index is 2.95. The van der Waals surface area contributed by atoms with Crippen LogP contribution in [0.1, 0.15) is 12.5 Å². The summed E-state index contributed by atoms with van der Waals surface area (Å²) in [5.74, 6) is -1.70. The zero-order valence-corrected chi connectivity index (χ0v) is 9.92. The van der Waals surface area contributed by atoms with Crippen LogP contribution in [0.5, 0.6) is 0 Å². The molecule has 0 saturated carbocycles. The van der Waals surface area contributed by atoms with E-state index >= 15 is 0 Å². The summed E-state index contributed by atoms with van der Waals surface area (Å²) in [4.78, 5) is 11.1. The molecule has 1 aromatic rings. The third-order valence-electron chi connectivity index (χ3n) is 2.16. The standard InChI is InChI=1S/C11H13FO3S/c1-8-3-5-10(6-4-8)16(14,15)7-11(13)9(2)12/h3-6,9H,7H2,1-2H3. The van der Waals surface area contributed by atoms with Crippen LogP contribution in [0.25, 0.3) is 0 Å². The Morgan fingerprint density at radius 2 is 1.81 bits per heavy atom. The van der Waals surface area contributed by atoms with Crippen molar-refractivity contribution in [3.8, 4) is 0 Å². The molecule has 0 bridgehead atoms. The van der Waals surface area contributed by atoms with Gasteiger partial charge in [0.05, 0.1) is 4.90 Å². The quantitative estimate of drug-likeness (QED) is 0.810. The fraction of sp³-hybridized carbons (Fsp3) is 0.364. The number of rotatable bonds is 4. The van der Waals surface area contributed by atoms with E-state index in [1.165, 1.54) is 12.1 Å². The SMILES string of the molecule is Cc1ccc(S(=O)(=O)CC(=O)C(C)F)cc1. The minimum Gasteiger partial charge on any atom is -0.295 e. The Kier molecular flexibility index (Phi) is 3.80. The number of halogens is 1. The lowest BCUT2D eigenvalue weighted by Gasteiger charge is -2.04. The van der Waals surface area contributed by atoms with Gasteiger partial charge in [-0.05, 0) is 26.0 Å². The molecule has 0 aromatic heterocycles. The van der Waals surface area contributed by atoms with Gasteiger partial charge in [-0.15, -0.1) is 0 Å². The lowest BCUT2D eigenvalue weighted by atomic mass is 10.2. The Bertz CT molecular complexity index is 474. The summed E-state index contributed by atoms with van der Waals surface area (Å²) in [5, 5.41) is 0. The van der Waals surface area contributed by atoms with Crippen LogP contribution >= 0.6 is 0 Å². The number of ketones is 1. The third-order valence-corrected chi connectivity index (χ3v) is 3.81. The lowest BCUT2D eigenvalue weighted by molar-refractivity contribution is -0.120. The van der Waals surface area contributed by atoms with Crippen molar-refractivity contribution in [1.29, 1.82) is 0 Å². The van der Waals surface area contributed by atoms with Gasteiger partial charge in [0.1, 0.15) is 5.75 Å². The highest BCUT2D eigenvalue weighted by molar-refractivity contribution is 7.92. The second-order valence-electron chi connectivity index (χ2n) is 3.65. The van der Waals surface area contributed by atoms with Gasteiger partial charge in [-0.3, -0.25) is 4.79 Å². The number of benzene rings is 1. The Hall–Kier alpha value is -1.23. The van der Waals surface area contributed by atoms with Crippen LogP contribution in [-0.2, 0) is 14.6 Å². The third kappa shape index (κ3) is 3.13. The van der Waals surface area contributed by atoms with Crippen LogP contribution in [-0.4, -0.2) is 26.1 Å². The van der Waals surface area contributed by atoms with Crippen molar-refractivity contribution in [2.75, 3.05) is 5.75 Å². The highest BCUT2D eigenvalue weighted by Gasteiger charge is 2.22. The maximum absolute atomic E-state index is 12.6. The van der Waals surface area contributed by atoms with E-state index in [-0.39, 0.29) is 4.90 Å². The van der Waals surface area contributed by atoms with Crippen LogP contribution in [0, 0.1) is 6.92 Å². The van der Waals surface area contributed by atoms with Gasteiger partial charge >= 0.3 is 0 Å². The van der Waals surface area contributed by atoms with Crippen LogP contribution < -0.4 is 0 Å². The summed E-state index contributed by atoms with van der Waals surface area (Å²) in [6.45, 7) is 2.86. The first-order valence-electron chi connectivity index (χ1n) is 4.79. The molecule has 3 nitrogen and oxygen atoms in total. The molecule has 0 aliphatic rings. The van der Waals surface area contributed by atoms with Gasteiger partial charge < -0.3 is 0 Å². The van der Waals surface area contributed by atoms with Gasteiger partial charge in [0.15, 0.2) is 21.8 Å². The molecule has 0 saturated heterocycles. The van der Waals surface area contributed by atoms with E-state index in [2.05, 4.69) is 0 Å². The molecular formula is C11H13FO3S. The molecule has 0 amide bonds. The second-order valence-corrected chi connectivity index (χ2v) is 5.64. The number of hydrogen-bond acceptors (Lipinski definition) is 3. The van der Waals surface area contributed by atoms with Gasteiger partial charge in [-0.25, -0.2) is 12.8 Å². The summed E-state index contributed by atoms with van der Waals surface area (Å²) in [6, 6.07) is 6.11. The number of sulfone groups is 1. The van der Waals surface area contributed by atoms with Gasteiger partial charge in [0, 0.05) is 0 Å². The smallest absolute Gasteiger partial charge is 0.185 e. The van der Waals surface area contributed by atoms with Crippen molar-refractivity contribution in [2.45, 2.75) is 24.9 Å². The Morgan fingerprint density at radius 3 is 2.25 bits per heavy atom. The Morgan fingerprint density at radius 1 is 1.31 bits per heavy atom. The zero-order chi connectivity index (χ0) is 12.3. The maximum Gasteiger partial charge on any atom is 0.185 e. The molecule has 1 aromatic carbocycles. The molecule has 88 valence electrons. The summed E-state index contributed by atoms with van der Waals surface area (Å²) < 4.78 is 35.9. The van der Waals surface area contributed by atoms with Crippen LogP contribution in [0.2, 0.25) is 0 Å². The highest BCUT2D eigenvalue weighted by atomic mass is 32.2. The van der Waals surface area contributed by atoms with E-state index in [1.807, 2.05) is 6.92 Å². The van der Waals surface area contributed by atoms with Gasteiger partial charge in [-0.1, -0.05) is 17.7 Å². The van der Waals surface area contributed by atoms with Crippen LogP contribution in [0.15, 0.2) is 29.2 Å². The topological polar surface area (TPSA) is 51.2 Å². The first kappa shape index (κ1) is 12.8. The number of Topliss-reactive ketones (excluding diaryl/α,β-unsaturated/α-hetero) is 1. The van der Waals surface area contributed by atoms with Crippen molar-refractivity contribution in [2.24, 2.45) is 0 Å². The average molecular weight is 244 g/mol. The van der Waals surface area contributed by atoms with Crippen molar-refractivity contribution in [3.05, 3.63) is 29.8 Å². The molecular weight excluding hydrogens is 231 g/mol. The van der Waals surface area contributed by atoms with E-state index in [1.54, 1.807) is 12.1 Å². The van der Waals surface area contributed by atoms with Gasteiger partial charge in [-0.2, -0.15) is 0 Å². The molecule has 0 aliphatic carbocycles. The number of alkyl halides is 1. The normalized spacial score (nSPS) is 13.4. The first-order valence-corrected chi connectivity index (χ1v) is 6.44. The maximum atomic E-state index is 12.6. The molecule has 1 unspecified atom stereocenters. The predicted octanol–water partition coefficient (Wildman–Crippen LogP) is 1.70. The molecule has 1 atom stereocenters. The number of carbonyl (C=O) groups is 1. The largest absolute Gasteiger partial charge is 0.295 e. The molecule has 0 heterocycles. The number of hydrogen-bond donors (Lipinski definition) is 0. The lowest BCUT2D eigenvalue weighted by Crippen LogP contribution is -2.22. The van der Waals surface area contributed by atoms with Crippen molar-refractivity contribution in [3.63, 3.8) is 0 Å². The first-order chi connectivity index (χ1) is 7.33. The van der Waals surface area contributed by atoms with Gasteiger partial charge in [0.2, 0.25) is 0 Å². The molecule has 1 rings (SSSR count). The molecule has 0 spiro atoms. The summed E-state index contributed by atoms with van der Waals surface area (Å²) >= 11 is 0. The monoisotopic (exact) mass is 244 g/mol. The summed E-state index contributed by atoms with van der Waals surface area (Å²) in [6.07, 6.45) is -1.75. The zero-order valence-electron chi connectivity index (χ0n) is 9.10. The van der Waals surface area contributed by atoms with E-state index in [4.69, 9.17) is 0 Å². The van der Waals surface area contributed by atoms with Crippen molar-refractivity contribution < 1.29 is 17.6 Å². The number of carbonyl (C=O) groups excluding carboxylic acids is 1. The van der Waals surface area contributed by atoms with Crippen LogP contribution in [0.3, 0.4) is 0 Å². The Labute approximate surface area is 94.2 Å². The second kappa shape index (κ2) is 4.74. The van der Waals surface area contributed by atoms with E-state index in [0.29, 0.717) is 0 Å². The summed E-state index contributed by atoms with van der Waals surface area (Å²) in [7, 11) is -3.71. The van der Waals surface area contributed by atoms with Crippen LogP contribution in [0.4, 0.5) is 4.39 Å². The molecule has 5 heteroatoms. The van der Waals surface area contributed by atoms with E-state index in [9.17, 15) is 17.6 Å². The van der Waals surface area contributed by atoms with E-state index in [0.717, 1.165) is 12.5 Å². The van der Waals surface area contributed by atoms with Gasteiger partial charge in [0.25, 0.3) is 0 Å². The minimum atomic E-state index is -3.71. The number of aryl methyl sites for hydroxylation is 1. The molecule has 0 N–H and O–H groups in total. The minimum absolute atomic E-state index is 0.0482. The van der Waals surface area contributed by atoms with E-state index < -0.39 is 27.5 Å². The molecule has 0 aliphatic heterocycles. The fourth-order valence-corrected chi connectivity index (χ4v) is 2.45.